The zero-order chi connectivity index (χ0) is 15.2. The molecular weight excluding hydrogens is 270 g/mol. The van der Waals surface area contributed by atoms with Crippen LogP contribution in [0.1, 0.15) is 17.7 Å². The summed E-state index contributed by atoms with van der Waals surface area (Å²) < 4.78 is 5.21. The lowest BCUT2D eigenvalue weighted by Gasteiger charge is -2.20. The summed E-state index contributed by atoms with van der Waals surface area (Å²) in [5, 5.41) is 11.8. The van der Waals surface area contributed by atoms with Crippen molar-refractivity contribution >= 4 is 17.4 Å². The van der Waals surface area contributed by atoms with E-state index in [1.807, 2.05) is 6.07 Å². The zero-order valence-electron chi connectivity index (χ0n) is 11.7. The lowest BCUT2D eigenvalue weighted by atomic mass is 10.1. The predicted octanol–water partition coefficient (Wildman–Crippen LogP) is 1.97. The number of aryl methyl sites for hydroxylation is 1. The Balaban J connectivity index is 2.12. The highest BCUT2D eigenvalue weighted by Gasteiger charge is 2.16. The Morgan fingerprint density at radius 1 is 1.33 bits per heavy atom. The summed E-state index contributed by atoms with van der Waals surface area (Å²) >= 11 is 0. The van der Waals surface area contributed by atoms with Crippen LogP contribution in [0.2, 0.25) is 0 Å². The molecule has 1 aromatic carbocycles. The SMILES string of the molecule is CN(C(=O)CCc1ccco1)c1ccccc1/C(N)=N/O. The van der Waals surface area contributed by atoms with E-state index >= 15 is 0 Å². The Morgan fingerprint density at radius 3 is 2.76 bits per heavy atom. The Morgan fingerprint density at radius 2 is 2.10 bits per heavy atom. The number of hydrogen-bond acceptors (Lipinski definition) is 4. The third-order valence-corrected chi connectivity index (χ3v) is 3.19. The number of nitrogens with zero attached hydrogens (tertiary/aromatic N) is 2. The van der Waals surface area contributed by atoms with E-state index in [1.54, 1.807) is 43.6 Å². The van der Waals surface area contributed by atoms with Crippen LogP contribution in [0.3, 0.4) is 0 Å². The van der Waals surface area contributed by atoms with Crippen molar-refractivity contribution in [2.75, 3.05) is 11.9 Å². The minimum Gasteiger partial charge on any atom is -0.469 e. The van der Waals surface area contributed by atoms with E-state index in [1.165, 1.54) is 4.90 Å². The first kappa shape index (κ1) is 14.6. The third-order valence-electron chi connectivity index (χ3n) is 3.19. The number of amidine groups is 1. The molecule has 110 valence electrons. The van der Waals surface area contributed by atoms with Crippen molar-refractivity contribution < 1.29 is 14.4 Å². The molecule has 21 heavy (non-hydrogen) atoms. The fourth-order valence-corrected chi connectivity index (χ4v) is 2.02. The summed E-state index contributed by atoms with van der Waals surface area (Å²) in [7, 11) is 1.66. The number of para-hydroxylation sites is 1. The lowest BCUT2D eigenvalue weighted by molar-refractivity contribution is -0.118. The van der Waals surface area contributed by atoms with Gasteiger partial charge in [0.05, 0.1) is 12.0 Å². The molecule has 0 bridgehead atoms. The van der Waals surface area contributed by atoms with E-state index in [9.17, 15) is 4.79 Å². The molecule has 0 unspecified atom stereocenters. The number of anilines is 1. The van der Waals surface area contributed by atoms with Gasteiger partial charge in [-0.25, -0.2) is 0 Å². The van der Waals surface area contributed by atoms with Crippen LogP contribution in [0.5, 0.6) is 0 Å². The smallest absolute Gasteiger partial charge is 0.227 e. The largest absolute Gasteiger partial charge is 0.469 e. The molecule has 3 N–H and O–H groups in total. The highest BCUT2D eigenvalue weighted by Crippen LogP contribution is 2.20. The van der Waals surface area contributed by atoms with Gasteiger partial charge in [0.25, 0.3) is 0 Å². The molecule has 6 nitrogen and oxygen atoms in total. The second kappa shape index (κ2) is 6.60. The van der Waals surface area contributed by atoms with Crippen LogP contribution in [0.15, 0.2) is 52.2 Å². The van der Waals surface area contributed by atoms with Gasteiger partial charge in [-0.3, -0.25) is 4.79 Å². The second-order valence-electron chi connectivity index (χ2n) is 4.53. The van der Waals surface area contributed by atoms with Crippen molar-refractivity contribution in [2.45, 2.75) is 12.8 Å². The molecule has 0 aliphatic rings. The maximum atomic E-state index is 12.2. The van der Waals surface area contributed by atoms with Gasteiger partial charge in [0.1, 0.15) is 5.76 Å². The van der Waals surface area contributed by atoms with Crippen molar-refractivity contribution in [1.29, 1.82) is 0 Å². The topological polar surface area (TPSA) is 92.1 Å². The average molecular weight is 287 g/mol. The number of oxime groups is 1. The van der Waals surface area contributed by atoms with Gasteiger partial charge in [-0.15, -0.1) is 0 Å². The number of carbonyl (C=O) groups excluding carboxylic acids is 1. The lowest BCUT2D eigenvalue weighted by Crippen LogP contribution is -2.29. The van der Waals surface area contributed by atoms with Crippen LogP contribution in [0.25, 0.3) is 0 Å². The van der Waals surface area contributed by atoms with Gasteiger partial charge >= 0.3 is 0 Å². The van der Waals surface area contributed by atoms with Gasteiger partial charge in [0.15, 0.2) is 5.84 Å². The molecule has 0 spiro atoms. The number of furan rings is 1. The summed E-state index contributed by atoms with van der Waals surface area (Å²) in [5.41, 5.74) is 6.73. The van der Waals surface area contributed by atoms with Crippen molar-refractivity contribution in [2.24, 2.45) is 10.9 Å². The normalized spacial score (nSPS) is 11.4. The first-order valence-electron chi connectivity index (χ1n) is 6.49. The molecule has 0 radical (unpaired) electrons. The molecular formula is C15H17N3O3. The summed E-state index contributed by atoms with van der Waals surface area (Å²) in [6, 6.07) is 10.6. The fourth-order valence-electron chi connectivity index (χ4n) is 2.02. The van der Waals surface area contributed by atoms with Gasteiger partial charge in [0, 0.05) is 25.5 Å². The van der Waals surface area contributed by atoms with Crippen LogP contribution in [0.4, 0.5) is 5.69 Å². The van der Waals surface area contributed by atoms with Crippen molar-refractivity contribution in [3.8, 4) is 0 Å². The van der Waals surface area contributed by atoms with Crippen LogP contribution in [-0.2, 0) is 11.2 Å². The summed E-state index contributed by atoms with van der Waals surface area (Å²) in [5.74, 6) is 0.655. The van der Waals surface area contributed by atoms with Gasteiger partial charge < -0.3 is 20.3 Å². The van der Waals surface area contributed by atoms with Gasteiger partial charge in [-0.1, -0.05) is 17.3 Å². The maximum absolute atomic E-state index is 12.2. The highest BCUT2D eigenvalue weighted by molar-refractivity contribution is 6.06. The number of carbonyl (C=O) groups is 1. The minimum atomic E-state index is -0.0791. The van der Waals surface area contributed by atoms with Crippen LogP contribution >= 0.6 is 0 Å². The second-order valence-corrected chi connectivity index (χ2v) is 4.53. The summed E-state index contributed by atoms with van der Waals surface area (Å²) in [6.07, 6.45) is 2.42. The first-order valence-corrected chi connectivity index (χ1v) is 6.49. The summed E-state index contributed by atoms with van der Waals surface area (Å²) in [6.45, 7) is 0. The van der Waals surface area contributed by atoms with E-state index in [-0.39, 0.29) is 11.7 Å². The molecule has 0 fully saturated rings. The van der Waals surface area contributed by atoms with Gasteiger partial charge in [-0.05, 0) is 24.3 Å². The van der Waals surface area contributed by atoms with Crippen LogP contribution in [-0.4, -0.2) is 24.0 Å². The molecule has 0 aliphatic carbocycles. The molecule has 0 saturated heterocycles. The zero-order valence-corrected chi connectivity index (χ0v) is 11.7. The molecule has 0 aliphatic heterocycles. The third kappa shape index (κ3) is 3.42. The van der Waals surface area contributed by atoms with Crippen molar-refractivity contribution in [3.63, 3.8) is 0 Å². The van der Waals surface area contributed by atoms with E-state index in [0.717, 1.165) is 5.76 Å². The minimum absolute atomic E-state index is 0.0312. The monoisotopic (exact) mass is 287 g/mol. The van der Waals surface area contributed by atoms with E-state index in [0.29, 0.717) is 24.1 Å². The predicted molar refractivity (Wildman–Crippen MR) is 79.4 cm³/mol. The number of benzene rings is 1. The molecule has 2 aromatic rings. The van der Waals surface area contributed by atoms with Crippen molar-refractivity contribution in [3.05, 3.63) is 54.0 Å². The molecule has 1 heterocycles. The standard InChI is InChI=1S/C15H17N3O3/c1-18(14(19)9-8-11-5-4-10-21-11)13-7-3-2-6-12(13)15(16)17-20/h2-7,10,20H,8-9H2,1H3,(H2,16,17). The number of hydrogen-bond donors (Lipinski definition) is 2. The molecule has 6 heteroatoms. The Labute approximate surface area is 122 Å². The van der Waals surface area contributed by atoms with Crippen LogP contribution in [0, 0.1) is 0 Å². The van der Waals surface area contributed by atoms with Gasteiger partial charge in [0.2, 0.25) is 5.91 Å². The fraction of sp³-hybridized carbons (Fsp3) is 0.200. The number of rotatable bonds is 5. The van der Waals surface area contributed by atoms with Crippen LogP contribution < -0.4 is 10.6 Å². The molecule has 2 rings (SSSR count). The highest BCUT2D eigenvalue weighted by atomic mass is 16.4. The quantitative estimate of drug-likeness (QED) is 0.380. The van der Waals surface area contributed by atoms with Crippen molar-refractivity contribution in [1.82, 2.24) is 0 Å². The number of nitrogens with two attached hydrogens (primary N) is 1. The maximum Gasteiger partial charge on any atom is 0.227 e. The van der Waals surface area contributed by atoms with Gasteiger partial charge in [-0.2, -0.15) is 0 Å². The Kier molecular flexibility index (Phi) is 4.61. The van der Waals surface area contributed by atoms with E-state index < -0.39 is 0 Å². The van der Waals surface area contributed by atoms with E-state index in [2.05, 4.69) is 5.16 Å². The molecule has 1 amide bonds. The summed E-state index contributed by atoms with van der Waals surface area (Å²) in [4.78, 5) is 13.7. The molecule has 0 atom stereocenters. The molecule has 0 saturated carbocycles. The molecule has 1 aromatic heterocycles. The Bertz CT molecular complexity index is 635. The number of amides is 1. The first-order chi connectivity index (χ1) is 10.1. The van der Waals surface area contributed by atoms with E-state index in [4.69, 9.17) is 15.4 Å². The average Bonchev–Trinajstić information content (AvgIpc) is 3.04. The Hall–Kier alpha value is -2.76.